The number of fused-ring (bicyclic) bond motifs is 2. The van der Waals surface area contributed by atoms with Crippen LogP contribution in [0.25, 0.3) is 0 Å². The van der Waals surface area contributed by atoms with Gasteiger partial charge in [-0.2, -0.15) is 0 Å². The summed E-state index contributed by atoms with van der Waals surface area (Å²) in [7, 11) is -1.80. The molecule has 1 saturated heterocycles. The minimum Gasteiger partial charge on any atom is -0.494 e. The highest BCUT2D eigenvalue weighted by Crippen LogP contribution is 2.57. The van der Waals surface area contributed by atoms with Gasteiger partial charge in [-0.05, 0) is 53.3 Å². The Labute approximate surface area is 278 Å². The molecule has 0 bridgehead atoms. The van der Waals surface area contributed by atoms with Gasteiger partial charge in [-0.1, -0.05) is 62.2 Å². The second-order valence-electron chi connectivity index (χ2n) is 12.9. The Morgan fingerprint density at radius 3 is 2.52 bits per heavy atom. The summed E-state index contributed by atoms with van der Waals surface area (Å²) in [5.41, 5.74) is -0.166. The lowest BCUT2D eigenvalue weighted by atomic mass is 9.62. The van der Waals surface area contributed by atoms with Crippen LogP contribution in [0.1, 0.15) is 44.2 Å². The normalized spacial score (nSPS) is 22.4. The van der Waals surface area contributed by atoms with E-state index in [9.17, 15) is 18.0 Å². The van der Waals surface area contributed by atoms with Crippen LogP contribution >= 0.6 is 23.2 Å². The van der Waals surface area contributed by atoms with Gasteiger partial charge in [0.25, 0.3) is 0 Å². The highest BCUT2D eigenvalue weighted by Gasteiger charge is 2.66. The summed E-state index contributed by atoms with van der Waals surface area (Å²) in [6.07, 6.45) is 1.59. The van der Waals surface area contributed by atoms with E-state index in [1.54, 1.807) is 42.5 Å². The van der Waals surface area contributed by atoms with Crippen LogP contribution < -0.4 is 25.4 Å². The summed E-state index contributed by atoms with van der Waals surface area (Å²) >= 11 is 12.6. The van der Waals surface area contributed by atoms with E-state index in [4.69, 9.17) is 32.7 Å². The molecule has 1 spiro atoms. The molecule has 1 fully saturated rings. The van der Waals surface area contributed by atoms with Gasteiger partial charge in [0.1, 0.15) is 29.3 Å². The maximum atomic E-state index is 16.0. The number of nitrogens with one attached hydrogen (secondary N) is 3. The maximum Gasteiger partial charge on any atom is 0.242 e. The molecule has 9 nitrogen and oxygen atoms in total. The van der Waals surface area contributed by atoms with Crippen LogP contribution in [-0.2, 0) is 24.8 Å². The minimum atomic E-state index is -3.22. The second-order valence-corrected chi connectivity index (χ2v) is 16.0. The monoisotopic (exact) mass is 691 g/mol. The fourth-order valence-corrected chi connectivity index (χ4v) is 7.28. The van der Waals surface area contributed by atoms with Crippen molar-refractivity contribution in [1.29, 1.82) is 0 Å². The number of benzene rings is 3. The highest BCUT2D eigenvalue weighted by molar-refractivity contribution is 7.90. The third kappa shape index (κ3) is 6.56. The molecule has 0 saturated carbocycles. The van der Waals surface area contributed by atoms with Gasteiger partial charge in [0.2, 0.25) is 11.8 Å². The summed E-state index contributed by atoms with van der Waals surface area (Å²) in [4.78, 5) is 28.6. The SMILES string of the molecule is COc1cc(OCCS(C)(=O)=O)ccc1NC(=O)[C@@H]1N[C@@H](CC(C)(C)C)[C@@]2(C(=O)Nc3cc(Cl)ccc32)[C@H]1c1cccc(Cl)c1F. The lowest BCUT2D eigenvalue weighted by molar-refractivity contribution is -0.122. The van der Waals surface area contributed by atoms with E-state index in [-0.39, 0.29) is 40.0 Å². The molecular weight excluding hydrogens is 656 g/mol. The molecule has 2 heterocycles. The number of halogens is 3. The Hall–Kier alpha value is -3.38. The number of carbonyl (C=O) groups is 2. The Balaban J connectivity index is 1.60. The van der Waals surface area contributed by atoms with Gasteiger partial charge in [-0.15, -0.1) is 0 Å². The molecular formula is C33H36Cl2FN3O6S. The highest BCUT2D eigenvalue weighted by atomic mass is 35.5. The van der Waals surface area contributed by atoms with Crippen LogP contribution in [0.4, 0.5) is 15.8 Å². The average Bonchev–Trinajstić information content (AvgIpc) is 3.43. The number of anilines is 2. The number of sulfone groups is 1. The van der Waals surface area contributed by atoms with Gasteiger partial charge in [-0.3, -0.25) is 9.59 Å². The number of methoxy groups -OCH3 is 1. The molecule has 3 aromatic rings. The summed E-state index contributed by atoms with van der Waals surface area (Å²) in [5, 5.41) is 9.58. The van der Waals surface area contributed by atoms with Crippen LogP contribution in [0.5, 0.6) is 11.5 Å². The van der Waals surface area contributed by atoms with Crippen molar-refractivity contribution in [2.45, 2.75) is 50.6 Å². The number of ether oxygens (including phenoxy) is 2. The Morgan fingerprint density at radius 2 is 1.85 bits per heavy atom. The van der Waals surface area contributed by atoms with E-state index in [0.717, 1.165) is 6.26 Å². The quantitative estimate of drug-likeness (QED) is 0.253. The molecule has 2 amide bonds. The third-order valence-corrected chi connectivity index (χ3v) is 9.81. The minimum absolute atomic E-state index is 0.0570. The predicted molar refractivity (Wildman–Crippen MR) is 178 cm³/mol. The van der Waals surface area contributed by atoms with E-state index < -0.39 is 45.0 Å². The largest absolute Gasteiger partial charge is 0.494 e. The van der Waals surface area contributed by atoms with E-state index >= 15 is 4.39 Å². The molecule has 0 aliphatic carbocycles. The van der Waals surface area contributed by atoms with Crippen molar-refractivity contribution in [1.82, 2.24) is 5.32 Å². The molecule has 5 rings (SSSR count). The van der Waals surface area contributed by atoms with Crippen molar-refractivity contribution < 1.29 is 31.9 Å². The summed E-state index contributed by atoms with van der Waals surface area (Å²) in [5.74, 6) is -2.20. The number of rotatable bonds is 9. The predicted octanol–water partition coefficient (Wildman–Crippen LogP) is 5.95. The molecule has 0 unspecified atom stereocenters. The molecule has 0 aromatic heterocycles. The zero-order valence-electron chi connectivity index (χ0n) is 26.0. The zero-order valence-corrected chi connectivity index (χ0v) is 28.4. The first-order chi connectivity index (χ1) is 21.5. The summed E-state index contributed by atoms with van der Waals surface area (Å²) in [6.45, 7) is 6.04. The van der Waals surface area contributed by atoms with Crippen molar-refractivity contribution in [3.63, 3.8) is 0 Å². The Bertz CT molecular complexity index is 1800. The smallest absolute Gasteiger partial charge is 0.242 e. The van der Waals surface area contributed by atoms with Gasteiger partial charge in [0, 0.05) is 35.0 Å². The number of hydrogen-bond acceptors (Lipinski definition) is 7. The van der Waals surface area contributed by atoms with Crippen LogP contribution in [0.3, 0.4) is 0 Å². The maximum absolute atomic E-state index is 16.0. The molecule has 2 aliphatic rings. The van der Waals surface area contributed by atoms with Crippen molar-refractivity contribution in [3.8, 4) is 11.5 Å². The third-order valence-electron chi connectivity index (χ3n) is 8.37. The van der Waals surface area contributed by atoms with Gasteiger partial charge in [0.05, 0.1) is 29.6 Å². The molecule has 4 atom stereocenters. The standard InChI is InChI=1S/C33H36Cl2FN3O6S/c1-32(2,3)17-26-33(21-11-9-18(34)15-24(21)38-31(33)41)27(20-7-6-8-22(35)28(20)36)29(39-26)30(40)37-23-12-10-19(16-25(23)44-4)45-13-14-46(5,42)43/h6-12,15-16,26-27,29,39H,13-14,17H2,1-5H3,(H,37,40)(H,38,41)/t26-,27-,29+,33+/m0/s1. The van der Waals surface area contributed by atoms with E-state index in [0.29, 0.717) is 34.1 Å². The van der Waals surface area contributed by atoms with E-state index in [1.807, 2.05) is 20.8 Å². The fraction of sp³-hybridized carbons (Fsp3) is 0.394. The fourth-order valence-electron chi connectivity index (χ4n) is 6.54. The average molecular weight is 693 g/mol. The zero-order chi connectivity index (χ0) is 33.6. The first-order valence-electron chi connectivity index (χ1n) is 14.7. The lowest BCUT2D eigenvalue weighted by Gasteiger charge is -2.37. The first-order valence-corrected chi connectivity index (χ1v) is 17.5. The topological polar surface area (TPSA) is 123 Å². The van der Waals surface area contributed by atoms with Gasteiger partial charge < -0.3 is 25.4 Å². The molecule has 13 heteroatoms. The van der Waals surface area contributed by atoms with E-state index in [1.165, 1.54) is 19.2 Å². The van der Waals surface area contributed by atoms with Crippen molar-refractivity contribution in [2.24, 2.45) is 5.41 Å². The second kappa shape index (κ2) is 12.7. The number of carbonyl (C=O) groups excluding carboxylic acids is 2. The summed E-state index contributed by atoms with van der Waals surface area (Å²) < 4.78 is 50.1. The van der Waals surface area contributed by atoms with Crippen LogP contribution in [0.15, 0.2) is 54.6 Å². The van der Waals surface area contributed by atoms with Gasteiger partial charge in [-0.25, -0.2) is 12.8 Å². The Kier molecular flexibility index (Phi) is 9.36. The molecule has 2 aliphatic heterocycles. The van der Waals surface area contributed by atoms with Crippen molar-refractivity contribution >= 4 is 56.2 Å². The first kappa shape index (κ1) is 34.0. The van der Waals surface area contributed by atoms with Gasteiger partial charge >= 0.3 is 0 Å². The Morgan fingerprint density at radius 1 is 1.11 bits per heavy atom. The molecule has 3 N–H and O–H groups in total. The molecule has 0 radical (unpaired) electrons. The van der Waals surface area contributed by atoms with Crippen LogP contribution in [-0.4, -0.2) is 58.0 Å². The number of amides is 2. The lowest BCUT2D eigenvalue weighted by Crippen LogP contribution is -2.49. The van der Waals surface area contributed by atoms with E-state index in [2.05, 4.69) is 16.0 Å². The van der Waals surface area contributed by atoms with Gasteiger partial charge in [0.15, 0.2) is 9.84 Å². The molecule has 246 valence electrons. The van der Waals surface area contributed by atoms with Crippen molar-refractivity contribution in [2.75, 3.05) is 36.4 Å². The molecule has 3 aromatic carbocycles. The summed E-state index contributed by atoms with van der Waals surface area (Å²) in [6, 6.07) is 12.6. The molecule has 46 heavy (non-hydrogen) atoms. The van der Waals surface area contributed by atoms with Crippen LogP contribution in [0, 0.1) is 11.2 Å². The number of hydrogen-bond donors (Lipinski definition) is 3. The van der Waals surface area contributed by atoms with Crippen LogP contribution in [0.2, 0.25) is 10.0 Å². The van der Waals surface area contributed by atoms with Crippen molar-refractivity contribution in [3.05, 3.63) is 81.6 Å².